The number of hydrogen-bond acceptors (Lipinski definition) is 3. The van der Waals surface area contributed by atoms with Crippen LogP contribution in [0.3, 0.4) is 0 Å². The van der Waals surface area contributed by atoms with Gasteiger partial charge in [-0.05, 0) is 37.8 Å². The maximum atomic E-state index is 11.5. The molecule has 5 nitrogen and oxygen atoms in total. The Kier molecular flexibility index (Phi) is 5.33. The lowest BCUT2D eigenvalue weighted by Gasteiger charge is -2.24. The van der Waals surface area contributed by atoms with Crippen molar-refractivity contribution in [2.24, 2.45) is 11.7 Å². The minimum atomic E-state index is -0.781. The third-order valence-electron chi connectivity index (χ3n) is 4.27. The summed E-state index contributed by atoms with van der Waals surface area (Å²) in [5.74, 6) is 0.313. The van der Waals surface area contributed by atoms with Crippen molar-refractivity contribution < 1.29 is 9.59 Å². The number of hydrogen-bond donors (Lipinski definition) is 2. The summed E-state index contributed by atoms with van der Waals surface area (Å²) in [5, 5.41) is 2.11. The normalized spacial score (nSPS) is 22.1. The van der Waals surface area contributed by atoms with Crippen molar-refractivity contribution in [3.8, 4) is 0 Å². The Bertz CT molecular complexity index is 490. The summed E-state index contributed by atoms with van der Waals surface area (Å²) in [6, 6.07) is 10.2. The highest BCUT2D eigenvalue weighted by Gasteiger charge is 2.30. The Morgan fingerprint density at radius 1 is 1.33 bits per heavy atom. The summed E-state index contributed by atoms with van der Waals surface area (Å²) < 4.78 is 0. The van der Waals surface area contributed by atoms with Crippen LogP contribution >= 0.6 is 0 Å². The van der Waals surface area contributed by atoms with Crippen LogP contribution < -0.4 is 11.1 Å². The summed E-state index contributed by atoms with van der Waals surface area (Å²) in [4.78, 5) is 24.4. The minimum Gasteiger partial charge on any atom is -0.351 e. The van der Waals surface area contributed by atoms with Gasteiger partial charge in [-0.2, -0.15) is 0 Å². The first-order chi connectivity index (χ1) is 10.1. The molecule has 2 atom stereocenters. The average molecular weight is 289 g/mol. The van der Waals surface area contributed by atoms with Crippen molar-refractivity contribution in [2.75, 3.05) is 13.1 Å². The summed E-state index contributed by atoms with van der Waals surface area (Å²) in [6.07, 6.45) is 2.53. The highest BCUT2D eigenvalue weighted by atomic mass is 16.2. The second-order valence-electron chi connectivity index (χ2n) is 5.68. The number of primary amides is 1. The number of carbonyl (C=O) groups is 2. The number of nitrogens with zero attached hydrogens (tertiary/aromatic N) is 1. The number of benzene rings is 1. The van der Waals surface area contributed by atoms with E-state index in [1.54, 1.807) is 0 Å². The van der Waals surface area contributed by atoms with Crippen LogP contribution in [-0.4, -0.2) is 36.0 Å². The molecule has 0 aromatic heterocycles. The molecule has 0 unspecified atom stereocenters. The molecule has 2 rings (SSSR count). The van der Waals surface area contributed by atoms with Crippen LogP contribution in [0.1, 0.15) is 25.3 Å². The van der Waals surface area contributed by atoms with Crippen LogP contribution in [0.25, 0.3) is 0 Å². The van der Waals surface area contributed by atoms with Crippen molar-refractivity contribution in [3.63, 3.8) is 0 Å². The van der Waals surface area contributed by atoms with Gasteiger partial charge in [-0.1, -0.05) is 30.3 Å². The van der Waals surface area contributed by atoms with Gasteiger partial charge >= 0.3 is 6.03 Å². The Morgan fingerprint density at radius 2 is 2.05 bits per heavy atom. The average Bonchev–Trinajstić information content (AvgIpc) is 2.78. The van der Waals surface area contributed by atoms with Gasteiger partial charge in [0.25, 0.3) is 0 Å². The highest BCUT2D eigenvalue weighted by Crippen LogP contribution is 2.27. The lowest BCUT2D eigenvalue weighted by atomic mass is 9.93. The largest absolute Gasteiger partial charge is 0.351 e. The monoisotopic (exact) mass is 289 g/mol. The molecule has 1 aromatic rings. The van der Waals surface area contributed by atoms with E-state index in [0.29, 0.717) is 24.9 Å². The zero-order valence-electron chi connectivity index (χ0n) is 12.4. The molecule has 1 fully saturated rings. The van der Waals surface area contributed by atoms with Crippen molar-refractivity contribution in [1.82, 2.24) is 10.2 Å². The predicted molar refractivity (Wildman–Crippen MR) is 81.6 cm³/mol. The van der Waals surface area contributed by atoms with E-state index >= 15 is 0 Å². The topological polar surface area (TPSA) is 75.4 Å². The van der Waals surface area contributed by atoms with Gasteiger partial charge in [0.15, 0.2) is 0 Å². The van der Waals surface area contributed by atoms with Gasteiger partial charge in [0.05, 0.1) is 0 Å². The molecular formula is C16H23N3O2. The van der Waals surface area contributed by atoms with Crippen LogP contribution in [0.15, 0.2) is 30.3 Å². The number of carbonyl (C=O) groups excluding carboxylic acids is 2. The van der Waals surface area contributed by atoms with E-state index in [-0.39, 0.29) is 5.91 Å². The molecule has 0 saturated carbocycles. The lowest BCUT2D eigenvalue weighted by molar-refractivity contribution is -0.120. The first-order valence-corrected chi connectivity index (χ1v) is 7.43. The SMILES string of the molecule is C[C@@H]1[C@@H](Cc2ccccc2)CCN1CCC(=O)NC(N)=O. The maximum Gasteiger partial charge on any atom is 0.318 e. The zero-order chi connectivity index (χ0) is 15.2. The van der Waals surface area contributed by atoms with Crippen LogP contribution in [0.4, 0.5) is 4.79 Å². The number of nitrogens with one attached hydrogen (secondary N) is 1. The molecule has 0 radical (unpaired) electrons. The number of likely N-dealkylation sites (tertiary alicyclic amines) is 1. The first kappa shape index (κ1) is 15.5. The third kappa shape index (κ3) is 4.56. The quantitative estimate of drug-likeness (QED) is 0.863. The Morgan fingerprint density at radius 3 is 2.71 bits per heavy atom. The van der Waals surface area contributed by atoms with E-state index in [9.17, 15) is 9.59 Å². The van der Waals surface area contributed by atoms with Gasteiger partial charge in [0, 0.05) is 19.0 Å². The molecule has 3 N–H and O–H groups in total. The predicted octanol–water partition coefficient (Wildman–Crippen LogP) is 1.52. The molecule has 1 saturated heterocycles. The Hall–Kier alpha value is -1.88. The van der Waals surface area contributed by atoms with Gasteiger partial charge < -0.3 is 5.73 Å². The lowest BCUT2D eigenvalue weighted by Crippen LogP contribution is -2.38. The number of urea groups is 1. The smallest absolute Gasteiger partial charge is 0.318 e. The van der Waals surface area contributed by atoms with E-state index < -0.39 is 6.03 Å². The summed E-state index contributed by atoms with van der Waals surface area (Å²) >= 11 is 0. The third-order valence-corrected chi connectivity index (χ3v) is 4.27. The van der Waals surface area contributed by atoms with Crippen molar-refractivity contribution in [1.29, 1.82) is 0 Å². The van der Waals surface area contributed by atoms with Crippen molar-refractivity contribution in [2.45, 2.75) is 32.2 Å². The fourth-order valence-corrected chi connectivity index (χ4v) is 3.02. The summed E-state index contributed by atoms with van der Waals surface area (Å²) in [6.45, 7) is 3.89. The number of rotatable bonds is 5. The van der Waals surface area contributed by atoms with Crippen molar-refractivity contribution in [3.05, 3.63) is 35.9 Å². The van der Waals surface area contributed by atoms with E-state index in [2.05, 4.69) is 41.4 Å². The zero-order valence-corrected chi connectivity index (χ0v) is 12.4. The minimum absolute atomic E-state index is 0.304. The maximum absolute atomic E-state index is 11.5. The molecule has 1 aromatic carbocycles. The Balaban J connectivity index is 1.80. The molecule has 1 aliphatic rings. The molecule has 114 valence electrons. The molecule has 21 heavy (non-hydrogen) atoms. The summed E-state index contributed by atoms with van der Waals surface area (Å²) in [7, 11) is 0. The molecule has 1 aliphatic heterocycles. The number of amides is 3. The molecular weight excluding hydrogens is 266 g/mol. The molecule has 0 spiro atoms. The van der Waals surface area contributed by atoms with Gasteiger partial charge in [-0.15, -0.1) is 0 Å². The highest BCUT2D eigenvalue weighted by molar-refractivity contribution is 5.93. The van der Waals surface area contributed by atoms with Crippen molar-refractivity contribution >= 4 is 11.9 Å². The van der Waals surface area contributed by atoms with Crippen LogP contribution in [0, 0.1) is 5.92 Å². The fourth-order valence-electron chi connectivity index (χ4n) is 3.02. The van der Waals surface area contributed by atoms with E-state index in [1.165, 1.54) is 5.56 Å². The number of imide groups is 1. The van der Waals surface area contributed by atoms with Crippen LogP contribution in [-0.2, 0) is 11.2 Å². The van der Waals surface area contributed by atoms with Gasteiger partial charge in [0.1, 0.15) is 0 Å². The van der Waals surface area contributed by atoms with Gasteiger partial charge in [-0.25, -0.2) is 4.79 Å². The van der Waals surface area contributed by atoms with Crippen LogP contribution in [0.2, 0.25) is 0 Å². The summed E-state index contributed by atoms with van der Waals surface area (Å²) in [5.41, 5.74) is 6.29. The fraction of sp³-hybridized carbons (Fsp3) is 0.500. The van der Waals surface area contributed by atoms with Gasteiger partial charge in [-0.3, -0.25) is 15.0 Å². The molecule has 3 amide bonds. The Labute approximate surface area is 125 Å². The first-order valence-electron chi connectivity index (χ1n) is 7.43. The number of nitrogens with two attached hydrogens (primary N) is 1. The molecule has 5 heteroatoms. The standard InChI is InChI=1S/C16H23N3O2/c1-12-14(11-13-5-3-2-4-6-13)7-9-19(12)10-8-15(20)18-16(17)21/h2-6,12,14H,7-11H2,1H3,(H3,17,18,20,21)/t12-,14-/m1/s1. The van der Waals surface area contributed by atoms with E-state index in [1.807, 2.05) is 6.07 Å². The second-order valence-corrected chi connectivity index (χ2v) is 5.68. The van der Waals surface area contributed by atoms with Gasteiger partial charge in [0.2, 0.25) is 5.91 Å². The molecule has 0 aliphatic carbocycles. The van der Waals surface area contributed by atoms with E-state index in [4.69, 9.17) is 5.73 Å². The molecule has 1 heterocycles. The second kappa shape index (κ2) is 7.22. The molecule has 0 bridgehead atoms. The van der Waals surface area contributed by atoms with E-state index in [0.717, 1.165) is 19.4 Å². The van der Waals surface area contributed by atoms with Crippen LogP contribution in [0.5, 0.6) is 0 Å².